The Labute approximate surface area is 369 Å². The molecule has 4 heterocycles. The van der Waals surface area contributed by atoms with Crippen molar-refractivity contribution in [3.63, 3.8) is 0 Å². The molecule has 2 aliphatic heterocycles. The average Bonchev–Trinajstić information content (AvgIpc) is 3.78. The third kappa shape index (κ3) is 12.8. The smallest absolute Gasteiger partial charge is 0.153 e. The Balaban J connectivity index is 0.000000207. The second-order valence-corrected chi connectivity index (χ2v) is 17.4. The zero-order valence-corrected chi connectivity index (χ0v) is 36.8. The number of hydrogen-bond acceptors (Lipinski definition) is 9. The van der Waals surface area contributed by atoms with E-state index < -0.39 is 0 Å². The van der Waals surface area contributed by atoms with Crippen molar-refractivity contribution < 1.29 is 14.6 Å². The van der Waals surface area contributed by atoms with E-state index in [0.717, 1.165) is 108 Å². The monoisotopic (exact) mass is 838 g/mol. The number of benzene rings is 4. The molecule has 2 aliphatic rings. The molecule has 8 rings (SSSR count). The summed E-state index contributed by atoms with van der Waals surface area (Å²) in [5.74, 6) is 0.836. The summed E-state index contributed by atoms with van der Waals surface area (Å²) < 4.78 is 15.0. The fourth-order valence-corrected chi connectivity index (χ4v) is 8.35. The second-order valence-electron chi connectivity index (χ2n) is 17.4. The van der Waals surface area contributed by atoms with E-state index in [1.165, 1.54) is 22.3 Å². The fourth-order valence-electron chi connectivity index (χ4n) is 8.35. The molecule has 2 saturated heterocycles. The van der Waals surface area contributed by atoms with Crippen LogP contribution in [-0.2, 0) is 14.9 Å². The molecule has 0 spiro atoms. The van der Waals surface area contributed by atoms with E-state index >= 15 is 0 Å². The average molecular weight is 838 g/mol. The van der Waals surface area contributed by atoms with Gasteiger partial charge in [-0.25, -0.2) is 9.50 Å². The van der Waals surface area contributed by atoms with Crippen molar-refractivity contribution >= 4 is 11.5 Å². The van der Waals surface area contributed by atoms with Crippen LogP contribution < -0.4 is 11.1 Å². The zero-order chi connectivity index (χ0) is 43.0. The van der Waals surface area contributed by atoms with Crippen LogP contribution >= 0.6 is 0 Å². The number of fused-ring (bicyclic) bond motifs is 1. The lowest BCUT2D eigenvalue weighted by Gasteiger charge is -2.34. The number of aliphatic hydroxyl groups excluding tert-OH is 1. The largest absolute Gasteiger partial charge is 0.395 e. The van der Waals surface area contributed by atoms with Crippen molar-refractivity contribution in [2.75, 3.05) is 64.3 Å². The van der Waals surface area contributed by atoms with Crippen molar-refractivity contribution in [3.8, 4) is 0 Å². The van der Waals surface area contributed by atoms with Gasteiger partial charge in [0.15, 0.2) is 5.65 Å². The Morgan fingerprint density at radius 3 is 1.50 bits per heavy atom. The van der Waals surface area contributed by atoms with Gasteiger partial charge in [-0.15, -0.1) is 5.10 Å². The van der Waals surface area contributed by atoms with Crippen molar-refractivity contribution in [1.82, 2.24) is 24.4 Å². The summed E-state index contributed by atoms with van der Waals surface area (Å²) in [4.78, 5) is 9.65. The van der Waals surface area contributed by atoms with E-state index in [-0.39, 0.29) is 30.3 Å². The Bertz CT molecular complexity index is 2080. The van der Waals surface area contributed by atoms with Gasteiger partial charge in [0.1, 0.15) is 18.0 Å². The second kappa shape index (κ2) is 22.9. The van der Waals surface area contributed by atoms with Gasteiger partial charge in [-0.05, 0) is 92.5 Å². The molecule has 2 fully saturated rings. The Morgan fingerprint density at radius 2 is 1.08 bits per heavy atom. The molecule has 0 atom stereocenters. The first-order chi connectivity index (χ1) is 30.4. The maximum Gasteiger partial charge on any atom is 0.153 e. The van der Waals surface area contributed by atoms with E-state index in [2.05, 4.69) is 147 Å². The lowest BCUT2D eigenvalue weighted by atomic mass is 9.91. The first kappa shape index (κ1) is 45.1. The van der Waals surface area contributed by atoms with E-state index in [1.54, 1.807) is 4.52 Å². The van der Waals surface area contributed by atoms with Crippen LogP contribution in [-0.4, -0.2) is 101 Å². The van der Waals surface area contributed by atoms with Crippen molar-refractivity contribution in [1.29, 1.82) is 0 Å². The van der Waals surface area contributed by atoms with Gasteiger partial charge in [0.25, 0.3) is 0 Å². The maximum absolute atomic E-state index is 9.63. The zero-order valence-electron chi connectivity index (χ0n) is 36.8. The molecular formula is C52H67N7O3. The molecule has 62 heavy (non-hydrogen) atoms. The number of aromatic nitrogens is 3. The third-order valence-corrected chi connectivity index (χ3v) is 12.2. The van der Waals surface area contributed by atoms with Crippen molar-refractivity contribution in [2.45, 2.75) is 82.2 Å². The number of rotatable bonds is 18. The summed E-state index contributed by atoms with van der Waals surface area (Å²) in [5, 5.41) is 17.7. The topological polar surface area (TPSA) is 113 Å². The Hall–Kier alpha value is -4.94. The number of ether oxygens (including phenoxy) is 2. The summed E-state index contributed by atoms with van der Waals surface area (Å²) in [6.07, 6.45) is 8.93. The van der Waals surface area contributed by atoms with Gasteiger partial charge in [0, 0.05) is 38.1 Å². The molecule has 10 nitrogen and oxygen atoms in total. The summed E-state index contributed by atoms with van der Waals surface area (Å²) in [7, 11) is 0. The molecule has 2 aromatic heterocycles. The molecule has 0 bridgehead atoms. The van der Waals surface area contributed by atoms with E-state index in [1.807, 2.05) is 32.2 Å². The predicted octanol–water partition coefficient (Wildman–Crippen LogP) is 8.68. The highest BCUT2D eigenvalue weighted by atomic mass is 16.5. The third-order valence-electron chi connectivity index (χ3n) is 12.2. The number of nitrogens with two attached hydrogens (primary N) is 1. The quantitative estimate of drug-likeness (QED) is 0.0733. The summed E-state index contributed by atoms with van der Waals surface area (Å²) in [6.45, 7) is 12.2. The molecule has 6 aromatic rings. The summed E-state index contributed by atoms with van der Waals surface area (Å²) >= 11 is 0. The highest BCUT2D eigenvalue weighted by Gasteiger charge is 2.27. The first-order valence-corrected chi connectivity index (χ1v) is 22.8. The molecule has 0 amide bonds. The summed E-state index contributed by atoms with van der Waals surface area (Å²) in [5.41, 5.74) is 11.7. The molecule has 0 saturated carbocycles. The molecule has 0 radical (unpaired) electrons. The number of piperidine rings is 2. The van der Waals surface area contributed by atoms with Crippen LogP contribution in [0.5, 0.6) is 0 Å². The van der Waals surface area contributed by atoms with Gasteiger partial charge >= 0.3 is 0 Å². The Kier molecular flexibility index (Phi) is 16.7. The fraction of sp³-hybridized carbons (Fsp3) is 0.423. The van der Waals surface area contributed by atoms with E-state index in [0.29, 0.717) is 6.10 Å². The lowest BCUT2D eigenvalue weighted by molar-refractivity contribution is -0.0270. The molecule has 4 N–H and O–H groups in total. The maximum atomic E-state index is 9.63. The van der Waals surface area contributed by atoms with Crippen LogP contribution in [0, 0.1) is 0 Å². The predicted molar refractivity (Wildman–Crippen MR) is 250 cm³/mol. The number of likely N-dealkylation sites (tertiary alicyclic amines) is 2. The van der Waals surface area contributed by atoms with Crippen LogP contribution in [0.4, 0.5) is 5.82 Å². The number of nitrogens with zero attached hydrogens (tertiary/aromatic N) is 5. The minimum atomic E-state index is -0.385. The molecular weight excluding hydrogens is 771 g/mol. The molecule has 328 valence electrons. The van der Waals surface area contributed by atoms with Crippen molar-refractivity contribution in [3.05, 3.63) is 168 Å². The number of anilines is 1. The van der Waals surface area contributed by atoms with Gasteiger partial charge in [0.05, 0.1) is 30.7 Å². The number of imidazole rings is 1. The highest BCUT2D eigenvalue weighted by Crippen LogP contribution is 2.32. The van der Waals surface area contributed by atoms with Gasteiger partial charge in [-0.1, -0.05) is 135 Å². The van der Waals surface area contributed by atoms with E-state index in [4.69, 9.17) is 15.2 Å². The van der Waals surface area contributed by atoms with Gasteiger partial charge in [-0.2, -0.15) is 0 Å². The molecule has 10 heteroatoms. The van der Waals surface area contributed by atoms with Gasteiger partial charge < -0.3 is 35.4 Å². The first-order valence-electron chi connectivity index (χ1n) is 22.8. The minimum absolute atomic E-state index is 0.0213. The van der Waals surface area contributed by atoms with Crippen LogP contribution in [0.15, 0.2) is 140 Å². The minimum Gasteiger partial charge on any atom is -0.395 e. The molecule has 0 unspecified atom stereocenters. The number of hydrogen-bond donors (Lipinski definition) is 3. The molecule has 4 aromatic carbocycles. The molecule has 0 aliphatic carbocycles. The highest BCUT2D eigenvalue weighted by molar-refractivity contribution is 5.46. The van der Waals surface area contributed by atoms with Crippen LogP contribution in [0.3, 0.4) is 0 Å². The van der Waals surface area contributed by atoms with Gasteiger partial charge in [-0.3, -0.25) is 0 Å². The number of aliphatic hydroxyl groups is 1. The van der Waals surface area contributed by atoms with Gasteiger partial charge in [0.2, 0.25) is 0 Å². The number of nitrogens with one attached hydrogen (secondary N) is 1. The normalized spacial score (nSPS) is 15.8. The summed E-state index contributed by atoms with van der Waals surface area (Å²) in [6, 6.07) is 46.1. The lowest BCUT2D eigenvalue weighted by Crippen LogP contribution is -2.38. The Morgan fingerprint density at radius 1 is 0.645 bits per heavy atom. The van der Waals surface area contributed by atoms with Crippen molar-refractivity contribution in [2.24, 2.45) is 5.73 Å². The standard InChI is InChI=1S/C31H39N5O2.C21H28N2O/c1-31(2,23-37)27-22-36-29(33-27)15-14-28(34-36)32-18-9-19-35-20-16-26(17-21-35)38-30(24-10-5-3-6-11-24)25-12-7-4-8-13-25;22-14-7-15-23-16-12-20(13-17-23)24-21(18-8-3-1-4-9-18)19-10-5-2-6-11-19/h3-8,10-15,22,26,30,37H,9,16-21,23H2,1-2H3,(H,32,34);1-6,8-11,20-21H,7,12-17,22H2. The van der Waals surface area contributed by atoms with Crippen LogP contribution in [0.1, 0.15) is 92.5 Å². The SMILES string of the molecule is CC(C)(CO)c1cn2nc(NCCCN3CCC(OC(c4ccccc4)c4ccccc4)CC3)ccc2n1.NCCCN1CCC(OC(c2ccccc2)c2ccccc2)CC1. The van der Waals surface area contributed by atoms with E-state index in [9.17, 15) is 5.11 Å². The van der Waals surface area contributed by atoms with Crippen LogP contribution in [0.2, 0.25) is 0 Å². The van der Waals surface area contributed by atoms with Crippen LogP contribution in [0.25, 0.3) is 5.65 Å².